The van der Waals surface area contributed by atoms with Gasteiger partial charge in [0, 0.05) is 23.4 Å². The zero-order valence-corrected chi connectivity index (χ0v) is 11.1. The Morgan fingerprint density at radius 2 is 1.58 bits per heavy atom. The maximum absolute atomic E-state index is 11.2. The number of carboxylic acids is 1. The predicted octanol–water partition coefficient (Wildman–Crippen LogP) is 2.49. The summed E-state index contributed by atoms with van der Waals surface area (Å²) in [6, 6.07) is 6.31. The summed E-state index contributed by atoms with van der Waals surface area (Å²) in [5, 5.41) is 10.8. The lowest BCUT2D eigenvalue weighted by Gasteiger charge is -2.02. The monoisotopic (exact) mass is 263 g/mol. The Kier molecular flexibility index (Phi) is 7.53. The van der Waals surface area contributed by atoms with E-state index in [1.54, 1.807) is 24.3 Å². The van der Waals surface area contributed by atoms with E-state index in [4.69, 9.17) is 5.11 Å². The van der Waals surface area contributed by atoms with Gasteiger partial charge in [0.2, 0.25) is 5.91 Å². The van der Waals surface area contributed by atoms with Crippen LogP contribution in [0.1, 0.15) is 31.1 Å². The highest BCUT2D eigenvalue weighted by Gasteiger charge is 2.01. The molecule has 0 aliphatic rings. The molecule has 0 aliphatic carbocycles. The van der Waals surface area contributed by atoms with Crippen molar-refractivity contribution in [1.82, 2.24) is 0 Å². The average molecular weight is 263 g/mol. The second kappa shape index (κ2) is 8.63. The van der Waals surface area contributed by atoms with Gasteiger partial charge in [0.1, 0.15) is 0 Å². The second-order valence-electron chi connectivity index (χ2n) is 3.29. The van der Waals surface area contributed by atoms with Crippen LogP contribution >= 0.6 is 0 Å². The molecule has 0 aromatic heterocycles. The number of amides is 1. The molecule has 0 heterocycles. The number of aliphatic carboxylic acids is 1. The first kappa shape index (κ1) is 16.6. The smallest absolute Gasteiger partial charge is 0.328 e. The van der Waals surface area contributed by atoms with Gasteiger partial charge in [-0.3, -0.25) is 9.59 Å². The minimum absolute atomic E-state index is 0.0614. The lowest BCUT2D eigenvalue weighted by Crippen LogP contribution is -2.08. The lowest BCUT2D eigenvalue weighted by atomic mass is 10.1. The molecular formula is C14H17NO4. The molecule has 2 N–H and O–H groups in total. The summed E-state index contributed by atoms with van der Waals surface area (Å²) in [6.07, 6.45) is 1.67. The van der Waals surface area contributed by atoms with Gasteiger partial charge in [0.05, 0.1) is 0 Å². The Balaban J connectivity index is 0.00000154. The van der Waals surface area contributed by atoms with Gasteiger partial charge in [0.15, 0.2) is 5.78 Å². The van der Waals surface area contributed by atoms with E-state index >= 15 is 0 Å². The molecule has 1 amide bonds. The molecule has 5 heteroatoms. The molecule has 0 aliphatic heterocycles. The number of hydrogen-bond donors (Lipinski definition) is 2. The summed E-state index contributed by atoms with van der Waals surface area (Å²) in [6.45, 7) is 5.45. The normalized spacial score (nSPS) is 9.42. The minimum atomic E-state index is -1.19. The molecular weight excluding hydrogens is 246 g/mol. The van der Waals surface area contributed by atoms with Gasteiger partial charge in [-0.15, -0.1) is 0 Å². The second-order valence-corrected chi connectivity index (χ2v) is 3.29. The van der Waals surface area contributed by atoms with Crippen molar-refractivity contribution in [2.75, 3.05) is 5.32 Å². The summed E-state index contributed by atoms with van der Waals surface area (Å²) in [4.78, 5) is 32.4. The van der Waals surface area contributed by atoms with Crippen LogP contribution in [0.5, 0.6) is 0 Å². The quantitative estimate of drug-likeness (QED) is 0.645. The maximum Gasteiger partial charge on any atom is 0.328 e. The van der Waals surface area contributed by atoms with E-state index in [0.717, 1.165) is 12.2 Å². The third-order valence-electron chi connectivity index (χ3n) is 1.94. The van der Waals surface area contributed by atoms with Gasteiger partial charge in [-0.25, -0.2) is 4.79 Å². The van der Waals surface area contributed by atoms with Crippen molar-refractivity contribution >= 4 is 23.3 Å². The fourth-order valence-corrected chi connectivity index (χ4v) is 1.12. The van der Waals surface area contributed by atoms with Crippen LogP contribution in [0.2, 0.25) is 0 Å². The van der Waals surface area contributed by atoms with Crippen LogP contribution in [0.15, 0.2) is 36.4 Å². The van der Waals surface area contributed by atoms with Gasteiger partial charge in [-0.05, 0) is 31.2 Å². The van der Waals surface area contributed by atoms with Crippen molar-refractivity contribution in [3.63, 3.8) is 0 Å². The number of hydrogen-bond acceptors (Lipinski definition) is 3. The molecule has 19 heavy (non-hydrogen) atoms. The first-order chi connectivity index (χ1) is 8.99. The third kappa shape index (κ3) is 6.78. The van der Waals surface area contributed by atoms with Gasteiger partial charge in [-0.2, -0.15) is 0 Å². The van der Waals surface area contributed by atoms with Crippen LogP contribution in [0.3, 0.4) is 0 Å². The van der Waals surface area contributed by atoms with Crippen LogP contribution in [0, 0.1) is 0 Å². The van der Waals surface area contributed by atoms with Crippen molar-refractivity contribution in [3.8, 4) is 0 Å². The molecule has 102 valence electrons. The van der Waals surface area contributed by atoms with Crippen LogP contribution < -0.4 is 5.32 Å². The van der Waals surface area contributed by atoms with Crippen molar-refractivity contribution in [3.05, 3.63) is 42.0 Å². The maximum atomic E-state index is 11.2. The van der Waals surface area contributed by atoms with Crippen LogP contribution in [0.4, 0.5) is 5.69 Å². The number of carboxylic acid groups (broad SMARTS) is 1. The molecule has 0 atom stereocenters. The lowest BCUT2D eigenvalue weighted by molar-refractivity contribution is -0.131. The Morgan fingerprint density at radius 1 is 1.05 bits per heavy atom. The van der Waals surface area contributed by atoms with Crippen LogP contribution in [0.25, 0.3) is 0 Å². The number of carbonyl (C=O) groups is 3. The molecule has 1 aromatic rings. The number of carbonyl (C=O) groups excluding carboxylic acids is 2. The molecule has 0 unspecified atom stereocenters. The van der Waals surface area contributed by atoms with E-state index in [0.29, 0.717) is 11.3 Å². The standard InChI is InChI=1S/C12H11NO4.C2H6/c1-8(14)9-2-4-10(5-3-9)13-11(15)6-7-12(16)17;1-2/h2-7H,1H3,(H,13,15)(H,16,17);1-2H3/b7-6+;. The predicted molar refractivity (Wildman–Crippen MR) is 73.2 cm³/mol. The summed E-state index contributed by atoms with van der Waals surface area (Å²) < 4.78 is 0. The Labute approximate surface area is 111 Å². The number of rotatable bonds is 4. The highest BCUT2D eigenvalue weighted by Crippen LogP contribution is 2.09. The fraction of sp³-hybridized carbons (Fsp3) is 0.214. The molecule has 0 spiro atoms. The highest BCUT2D eigenvalue weighted by molar-refractivity contribution is 6.02. The zero-order valence-electron chi connectivity index (χ0n) is 11.1. The largest absolute Gasteiger partial charge is 0.478 e. The molecule has 0 saturated carbocycles. The molecule has 0 radical (unpaired) electrons. The SMILES string of the molecule is CC.CC(=O)c1ccc(NC(=O)/C=C/C(=O)O)cc1. The van der Waals surface area contributed by atoms with E-state index in [9.17, 15) is 14.4 Å². The van der Waals surface area contributed by atoms with E-state index in [1.165, 1.54) is 6.92 Å². The van der Waals surface area contributed by atoms with E-state index in [2.05, 4.69) is 5.32 Å². The summed E-state index contributed by atoms with van der Waals surface area (Å²) in [7, 11) is 0. The van der Waals surface area contributed by atoms with E-state index in [-0.39, 0.29) is 5.78 Å². The van der Waals surface area contributed by atoms with E-state index in [1.807, 2.05) is 13.8 Å². The van der Waals surface area contributed by atoms with Crippen LogP contribution in [-0.2, 0) is 9.59 Å². The number of nitrogens with one attached hydrogen (secondary N) is 1. The number of ketones is 1. The summed E-state index contributed by atoms with van der Waals surface area (Å²) in [5.41, 5.74) is 1.04. The Bertz CT molecular complexity index is 475. The minimum Gasteiger partial charge on any atom is -0.478 e. The number of anilines is 1. The first-order valence-electron chi connectivity index (χ1n) is 5.82. The van der Waals surface area contributed by atoms with Crippen molar-refractivity contribution in [2.45, 2.75) is 20.8 Å². The summed E-state index contributed by atoms with van der Waals surface area (Å²) >= 11 is 0. The third-order valence-corrected chi connectivity index (χ3v) is 1.94. The fourth-order valence-electron chi connectivity index (χ4n) is 1.12. The van der Waals surface area contributed by atoms with Crippen molar-refractivity contribution in [2.24, 2.45) is 0 Å². The zero-order chi connectivity index (χ0) is 14.8. The van der Waals surface area contributed by atoms with E-state index < -0.39 is 11.9 Å². The molecule has 1 aromatic carbocycles. The summed E-state index contributed by atoms with van der Waals surface area (Å²) in [5.74, 6) is -1.79. The Hall–Kier alpha value is -2.43. The number of benzene rings is 1. The van der Waals surface area contributed by atoms with Gasteiger partial charge < -0.3 is 10.4 Å². The van der Waals surface area contributed by atoms with Gasteiger partial charge in [-0.1, -0.05) is 13.8 Å². The highest BCUT2D eigenvalue weighted by atomic mass is 16.4. The Morgan fingerprint density at radius 3 is 2.00 bits per heavy atom. The first-order valence-corrected chi connectivity index (χ1v) is 5.82. The number of Topliss-reactive ketones (excluding diaryl/α,β-unsaturated/α-hetero) is 1. The van der Waals surface area contributed by atoms with Gasteiger partial charge >= 0.3 is 5.97 Å². The molecule has 5 nitrogen and oxygen atoms in total. The molecule has 1 rings (SSSR count). The molecule has 0 fully saturated rings. The van der Waals surface area contributed by atoms with Gasteiger partial charge in [0.25, 0.3) is 0 Å². The topological polar surface area (TPSA) is 83.5 Å². The average Bonchev–Trinajstić information content (AvgIpc) is 2.39. The van der Waals surface area contributed by atoms with Crippen molar-refractivity contribution in [1.29, 1.82) is 0 Å². The molecule has 0 saturated heterocycles. The molecule has 0 bridgehead atoms. The van der Waals surface area contributed by atoms with Crippen molar-refractivity contribution < 1.29 is 19.5 Å². The van der Waals surface area contributed by atoms with Crippen LogP contribution in [-0.4, -0.2) is 22.8 Å².